The number of rotatable bonds is 0. The topological polar surface area (TPSA) is 49.7 Å². The van der Waals surface area contributed by atoms with E-state index in [0.717, 1.165) is 0 Å². The van der Waals surface area contributed by atoms with Crippen molar-refractivity contribution in [3.8, 4) is 5.75 Å². The summed E-state index contributed by atoms with van der Waals surface area (Å²) in [6.45, 7) is 3.54. The Morgan fingerprint density at radius 1 is 1.38 bits per heavy atom. The molecule has 0 atom stereocenters. The number of nitrogens with zero attached hydrogens (tertiary/aromatic N) is 1. The number of para-hydroxylation sites is 1. The summed E-state index contributed by atoms with van der Waals surface area (Å²) >= 11 is 0. The van der Waals surface area contributed by atoms with Crippen molar-refractivity contribution < 1.29 is 9.90 Å². The molecule has 0 saturated heterocycles. The van der Waals surface area contributed by atoms with Crippen LogP contribution >= 0.6 is 0 Å². The normalized spacial score (nSPS) is 14.5. The second kappa shape index (κ2) is 2.55. The van der Waals surface area contributed by atoms with E-state index in [2.05, 4.69) is 11.6 Å². The molecule has 3 nitrogen and oxygen atoms in total. The molecule has 0 bridgehead atoms. The van der Waals surface area contributed by atoms with Crippen LogP contribution < -0.4 is 0 Å². The maximum Gasteiger partial charge on any atom is 0.196 e. The van der Waals surface area contributed by atoms with Crippen molar-refractivity contribution >= 4 is 17.7 Å². The lowest BCUT2D eigenvalue weighted by molar-refractivity contribution is 0.104. The number of fused-ring (bicyclic) bond motifs is 1. The number of hydrogen-bond acceptors (Lipinski definition) is 3. The van der Waals surface area contributed by atoms with Crippen molar-refractivity contribution in [2.24, 2.45) is 4.99 Å². The molecule has 1 heterocycles. The highest BCUT2D eigenvalue weighted by Crippen LogP contribution is 2.33. The monoisotopic (exact) mass is 173 g/mol. The molecule has 0 aromatic heterocycles. The number of aliphatic imine (C=N–C) groups is 1. The summed E-state index contributed by atoms with van der Waals surface area (Å²) in [6, 6.07) is 4.73. The molecule has 1 aliphatic rings. The lowest BCUT2D eigenvalue weighted by Gasteiger charge is -2.10. The predicted molar refractivity (Wildman–Crippen MR) is 49.7 cm³/mol. The predicted octanol–water partition coefficient (Wildman–Crippen LogP) is 1.85. The molecule has 1 aromatic rings. The van der Waals surface area contributed by atoms with Crippen molar-refractivity contribution in [2.45, 2.75) is 0 Å². The Kier molecular flexibility index (Phi) is 1.52. The Hall–Kier alpha value is -1.90. The Labute approximate surface area is 75.0 Å². The van der Waals surface area contributed by atoms with Gasteiger partial charge >= 0.3 is 0 Å². The maximum absolute atomic E-state index is 11.5. The van der Waals surface area contributed by atoms with Crippen molar-refractivity contribution in [1.82, 2.24) is 0 Å². The van der Waals surface area contributed by atoms with Gasteiger partial charge in [-0.1, -0.05) is 12.6 Å². The fraction of sp³-hybridized carbons (Fsp3) is 0. The summed E-state index contributed by atoms with van der Waals surface area (Å²) in [6.07, 6.45) is 1.37. The van der Waals surface area contributed by atoms with E-state index in [1.54, 1.807) is 12.1 Å². The summed E-state index contributed by atoms with van der Waals surface area (Å²) in [4.78, 5) is 15.4. The Morgan fingerprint density at radius 3 is 2.92 bits per heavy atom. The van der Waals surface area contributed by atoms with Crippen LogP contribution in [-0.2, 0) is 0 Å². The van der Waals surface area contributed by atoms with E-state index in [9.17, 15) is 9.90 Å². The molecular weight excluding hydrogens is 166 g/mol. The second-order valence-corrected chi connectivity index (χ2v) is 2.79. The third kappa shape index (κ3) is 1.05. The van der Waals surface area contributed by atoms with Gasteiger partial charge in [0.25, 0.3) is 0 Å². The lowest BCUT2D eigenvalue weighted by Crippen LogP contribution is -2.07. The molecule has 3 heteroatoms. The highest BCUT2D eigenvalue weighted by atomic mass is 16.3. The SMILES string of the molecule is C=C1C=Nc2c(O)cccc2C1=O. The van der Waals surface area contributed by atoms with Crippen LogP contribution in [0.2, 0.25) is 0 Å². The number of Topliss-reactive ketones (excluding diaryl/α,β-unsaturated/α-hetero) is 1. The van der Waals surface area contributed by atoms with E-state index in [-0.39, 0.29) is 11.5 Å². The number of phenols is 1. The first kappa shape index (κ1) is 7.73. The van der Waals surface area contributed by atoms with Crippen LogP contribution in [0.5, 0.6) is 5.75 Å². The number of benzene rings is 1. The summed E-state index contributed by atoms with van der Waals surface area (Å²) < 4.78 is 0. The molecule has 1 aliphatic heterocycles. The molecule has 13 heavy (non-hydrogen) atoms. The zero-order valence-corrected chi connectivity index (χ0v) is 6.82. The van der Waals surface area contributed by atoms with Gasteiger partial charge in [0.2, 0.25) is 0 Å². The van der Waals surface area contributed by atoms with Crippen LogP contribution in [-0.4, -0.2) is 17.1 Å². The van der Waals surface area contributed by atoms with Gasteiger partial charge in [-0.25, -0.2) is 0 Å². The van der Waals surface area contributed by atoms with Crippen molar-refractivity contribution in [3.05, 3.63) is 35.9 Å². The molecule has 0 aliphatic carbocycles. The molecule has 0 saturated carbocycles. The Bertz CT molecular complexity index is 433. The van der Waals surface area contributed by atoms with Crippen molar-refractivity contribution in [2.75, 3.05) is 0 Å². The zero-order chi connectivity index (χ0) is 9.42. The highest BCUT2D eigenvalue weighted by molar-refractivity contribution is 6.25. The summed E-state index contributed by atoms with van der Waals surface area (Å²) in [7, 11) is 0. The molecule has 1 N–H and O–H groups in total. The number of hydrogen-bond donors (Lipinski definition) is 1. The Balaban J connectivity index is 2.72. The maximum atomic E-state index is 11.5. The first-order chi connectivity index (χ1) is 6.20. The zero-order valence-electron chi connectivity index (χ0n) is 6.82. The van der Waals surface area contributed by atoms with Gasteiger partial charge in [-0.2, -0.15) is 0 Å². The third-order valence-electron chi connectivity index (χ3n) is 1.90. The van der Waals surface area contributed by atoms with E-state index in [0.29, 0.717) is 16.8 Å². The molecule has 0 spiro atoms. The van der Waals surface area contributed by atoms with Crippen LogP contribution in [0.15, 0.2) is 35.3 Å². The smallest absolute Gasteiger partial charge is 0.196 e. The Morgan fingerprint density at radius 2 is 2.15 bits per heavy atom. The van der Waals surface area contributed by atoms with E-state index in [1.807, 2.05) is 0 Å². The summed E-state index contributed by atoms with van der Waals surface area (Å²) in [5, 5.41) is 9.36. The van der Waals surface area contributed by atoms with Crippen LogP contribution in [0.1, 0.15) is 10.4 Å². The van der Waals surface area contributed by atoms with Gasteiger partial charge in [-0.05, 0) is 12.1 Å². The minimum Gasteiger partial charge on any atom is -0.506 e. The van der Waals surface area contributed by atoms with Crippen LogP contribution in [0, 0.1) is 0 Å². The van der Waals surface area contributed by atoms with Gasteiger partial charge in [-0.15, -0.1) is 0 Å². The first-order valence-electron chi connectivity index (χ1n) is 3.80. The number of ketones is 1. The van der Waals surface area contributed by atoms with E-state index < -0.39 is 0 Å². The third-order valence-corrected chi connectivity index (χ3v) is 1.90. The largest absolute Gasteiger partial charge is 0.506 e. The van der Waals surface area contributed by atoms with E-state index in [1.165, 1.54) is 12.3 Å². The first-order valence-corrected chi connectivity index (χ1v) is 3.80. The van der Waals surface area contributed by atoms with Gasteiger partial charge < -0.3 is 5.11 Å². The average Bonchev–Trinajstić information content (AvgIpc) is 2.12. The quantitative estimate of drug-likeness (QED) is 0.608. The van der Waals surface area contributed by atoms with E-state index >= 15 is 0 Å². The minimum atomic E-state index is -0.180. The van der Waals surface area contributed by atoms with Gasteiger partial charge in [0, 0.05) is 11.8 Å². The minimum absolute atomic E-state index is 0.0228. The number of allylic oxidation sites excluding steroid dienone is 1. The number of aromatic hydroxyl groups is 1. The second-order valence-electron chi connectivity index (χ2n) is 2.79. The number of phenolic OH excluding ortho intramolecular Hbond substituents is 1. The molecule has 1 aromatic carbocycles. The van der Waals surface area contributed by atoms with Gasteiger partial charge in [-0.3, -0.25) is 9.79 Å². The summed E-state index contributed by atoms with van der Waals surface area (Å²) in [5.41, 5.74) is 1.09. The average molecular weight is 173 g/mol. The van der Waals surface area contributed by atoms with Gasteiger partial charge in [0.15, 0.2) is 5.78 Å². The molecule has 0 amide bonds. The molecule has 2 rings (SSSR count). The molecular formula is C10H7NO2. The van der Waals surface area contributed by atoms with Crippen LogP contribution in [0.3, 0.4) is 0 Å². The van der Waals surface area contributed by atoms with Crippen LogP contribution in [0.25, 0.3) is 0 Å². The standard InChI is InChI=1S/C10H7NO2/c1-6-5-11-9-7(10(6)13)3-2-4-8(9)12/h2-5,12H,1H2. The van der Waals surface area contributed by atoms with Gasteiger partial charge in [0.1, 0.15) is 11.4 Å². The number of carbonyl (C=O) groups excluding carboxylic acids is 1. The summed E-state index contributed by atoms with van der Waals surface area (Å²) in [5.74, 6) is -0.157. The number of carbonyl (C=O) groups is 1. The molecule has 0 fully saturated rings. The van der Waals surface area contributed by atoms with Gasteiger partial charge in [0.05, 0.1) is 5.56 Å². The lowest BCUT2D eigenvalue weighted by atomic mass is 10.0. The van der Waals surface area contributed by atoms with Crippen molar-refractivity contribution in [1.29, 1.82) is 0 Å². The molecule has 64 valence electrons. The highest BCUT2D eigenvalue weighted by Gasteiger charge is 2.19. The van der Waals surface area contributed by atoms with E-state index in [4.69, 9.17) is 0 Å². The fourth-order valence-electron chi connectivity index (χ4n) is 1.22. The van der Waals surface area contributed by atoms with Crippen LogP contribution in [0.4, 0.5) is 5.69 Å². The molecule has 0 radical (unpaired) electrons. The van der Waals surface area contributed by atoms with Crippen molar-refractivity contribution in [3.63, 3.8) is 0 Å². The molecule has 0 unspecified atom stereocenters. The fourth-order valence-corrected chi connectivity index (χ4v) is 1.22.